The molecule has 1 fully saturated rings. The molecule has 1 aromatic heterocycles. The molecule has 96 valence electrons. The number of nitrogens with zero attached hydrogens (tertiary/aromatic N) is 1. The van der Waals surface area contributed by atoms with Gasteiger partial charge in [0.2, 0.25) is 11.8 Å². The highest BCUT2D eigenvalue weighted by molar-refractivity contribution is 6.03. The second-order valence-corrected chi connectivity index (χ2v) is 4.69. The average molecular weight is 255 g/mol. The summed E-state index contributed by atoms with van der Waals surface area (Å²) in [6.07, 6.45) is 2.53. The number of aromatic nitrogens is 1. The monoisotopic (exact) mass is 255 g/mol. The van der Waals surface area contributed by atoms with E-state index in [4.69, 9.17) is 5.73 Å². The zero-order chi connectivity index (χ0) is 13.4. The molecule has 5 nitrogen and oxygen atoms in total. The Kier molecular flexibility index (Phi) is 2.67. The third-order valence-corrected chi connectivity index (χ3v) is 3.37. The van der Waals surface area contributed by atoms with Gasteiger partial charge in [-0.1, -0.05) is 6.07 Å². The van der Waals surface area contributed by atoms with Gasteiger partial charge in [0.1, 0.15) is 0 Å². The van der Waals surface area contributed by atoms with Gasteiger partial charge in [-0.3, -0.25) is 19.9 Å². The summed E-state index contributed by atoms with van der Waals surface area (Å²) in [4.78, 5) is 27.5. The summed E-state index contributed by atoms with van der Waals surface area (Å²) in [6, 6.07) is 7.34. The number of piperidine rings is 1. The number of nitrogens with two attached hydrogens (primary N) is 1. The Labute approximate surface area is 109 Å². The van der Waals surface area contributed by atoms with E-state index in [1.165, 1.54) is 0 Å². The fourth-order valence-corrected chi connectivity index (χ4v) is 2.50. The number of carbonyl (C=O) groups is 2. The van der Waals surface area contributed by atoms with E-state index in [1.54, 1.807) is 12.3 Å². The molecule has 0 spiro atoms. The minimum Gasteiger partial charge on any atom is -0.399 e. The van der Waals surface area contributed by atoms with E-state index >= 15 is 0 Å². The maximum atomic E-state index is 12.0. The number of hydrogen-bond donors (Lipinski definition) is 2. The first-order valence-electron chi connectivity index (χ1n) is 6.13. The number of imide groups is 1. The fraction of sp³-hybridized carbons (Fsp3) is 0.214. The molecule has 1 saturated heterocycles. The maximum Gasteiger partial charge on any atom is 0.234 e. The summed E-state index contributed by atoms with van der Waals surface area (Å²) in [5.74, 6) is -0.852. The molecule has 19 heavy (non-hydrogen) atoms. The van der Waals surface area contributed by atoms with Gasteiger partial charge in [0.15, 0.2) is 0 Å². The van der Waals surface area contributed by atoms with Crippen LogP contribution in [0.2, 0.25) is 0 Å². The molecule has 5 heteroatoms. The molecule has 1 atom stereocenters. The topological polar surface area (TPSA) is 85.1 Å². The van der Waals surface area contributed by atoms with E-state index in [0.29, 0.717) is 18.5 Å². The number of carbonyl (C=O) groups excluding carboxylic acids is 2. The summed E-state index contributed by atoms with van der Waals surface area (Å²) >= 11 is 0. The van der Waals surface area contributed by atoms with Gasteiger partial charge in [-0.15, -0.1) is 0 Å². The summed E-state index contributed by atoms with van der Waals surface area (Å²) in [7, 11) is 0. The predicted octanol–water partition coefficient (Wildman–Crippen LogP) is 1.34. The first kappa shape index (κ1) is 11.6. The van der Waals surface area contributed by atoms with Crippen molar-refractivity contribution in [3.8, 4) is 0 Å². The number of pyridine rings is 1. The molecule has 0 saturated carbocycles. The molecule has 2 amide bonds. The lowest BCUT2D eigenvalue weighted by molar-refractivity contribution is -0.134. The lowest BCUT2D eigenvalue weighted by atomic mass is 9.88. The van der Waals surface area contributed by atoms with Gasteiger partial charge < -0.3 is 5.73 Å². The first-order chi connectivity index (χ1) is 9.15. The lowest BCUT2D eigenvalue weighted by Crippen LogP contribution is -2.39. The number of nitrogen functional groups attached to an aromatic ring is 1. The zero-order valence-electron chi connectivity index (χ0n) is 10.2. The SMILES string of the molecule is Nc1cc(C2CCC(=O)NC2=O)c2ncccc2c1. The van der Waals surface area contributed by atoms with Crippen molar-refractivity contribution < 1.29 is 9.59 Å². The summed E-state index contributed by atoms with van der Waals surface area (Å²) in [5.41, 5.74) is 8.04. The number of rotatable bonds is 1. The highest BCUT2D eigenvalue weighted by atomic mass is 16.2. The standard InChI is InChI=1S/C14H13N3O2/c15-9-6-8-2-1-5-16-13(8)11(7-9)10-3-4-12(18)17-14(10)19/h1-2,5-7,10H,3-4,15H2,(H,17,18,19). The number of nitrogens with one attached hydrogen (secondary N) is 1. The molecule has 3 N–H and O–H groups in total. The number of amides is 2. The van der Waals surface area contributed by atoms with Crippen molar-refractivity contribution in [3.63, 3.8) is 0 Å². The number of anilines is 1. The minimum atomic E-state index is -0.362. The van der Waals surface area contributed by atoms with Gasteiger partial charge in [0, 0.05) is 23.7 Å². The summed E-state index contributed by atoms with van der Waals surface area (Å²) < 4.78 is 0. The third kappa shape index (κ3) is 2.03. The Morgan fingerprint density at radius 1 is 1.32 bits per heavy atom. The van der Waals surface area contributed by atoms with Gasteiger partial charge in [-0.2, -0.15) is 0 Å². The predicted molar refractivity (Wildman–Crippen MR) is 71.3 cm³/mol. The van der Waals surface area contributed by atoms with Crippen LogP contribution < -0.4 is 11.1 Å². The Bertz CT molecular complexity index is 681. The maximum absolute atomic E-state index is 12.0. The largest absolute Gasteiger partial charge is 0.399 e. The number of hydrogen-bond acceptors (Lipinski definition) is 4. The molecule has 3 rings (SSSR count). The van der Waals surface area contributed by atoms with Gasteiger partial charge in [-0.25, -0.2) is 0 Å². The third-order valence-electron chi connectivity index (χ3n) is 3.37. The van der Waals surface area contributed by atoms with Crippen LogP contribution in [-0.2, 0) is 9.59 Å². The van der Waals surface area contributed by atoms with Crippen molar-refractivity contribution in [2.75, 3.05) is 5.73 Å². The van der Waals surface area contributed by atoms with E-state index in [1.807, 2.05) is 18.2 Å². The summed E-state index contributed by atoms with van der Waals surface area (Å²) in [5, 5.41) is 3.27. The minimum absolute atomic E-state index is 0.220. The Hall–Kier alpha value is -2.43. The quantitative estimate of drug-likeness (QED) is 0.594. The Morgan fingerprint density at radius 2 is 2.16 bits per heavy atom. The van der Waals surface area contributed by atoms with Crippen molar-refractivity contribution in [2.45, 2.75) is 18.8 Å². The molecule has 1 unspecified atom stereocenters. The van der Waals surface area contributed by atoms with E-state index < -0.39 is 0 Å². The lowest BCUT2D eigenvalue weighted by Gasteiger charge is -2.22. The average Bonchev–Trinajstić information content (AvgIpc) is 2.38. The van der Waals surface area contributed by atoms with E-state index in [9.17, 15) is 9.59 Å². The molecule has 1 aliphatic rings. The number of fused-ring (bicyclic) bond motifs is 1. The second-order valence-electron chi connectivity index (χ2n) is 4.69. The zero-order valence-corrected chi connectivity index (χ0v) is 10.2. The molecule has 1 aromatic carbocycles. The molecule has 0 bridgehead atoms. The second kappa shape index (κ2) is 4.35. The van der Waals surface area contributed by atoms with Crippen LogP contribution in [0.4, 0.5) is 5.69 Å². The van der Waals surface area contributed by atoms with Crippen LogP contribution in [-0.4, -0.2) is 16.8 Å². The van der Waals surface area contributed by atoms with Crippen LogP contribution >= 0.6 is 0 Å². The molecular weight excluding hydrogens is 242 g/mol. The van der Waals surface area contributed by atoms with E-state index in [-0.39, 0.29) is 17.7 Å². The number of benzene rings is 1. The Balaban J connectivity index is 2.14. The van der Waals surface area contributed by atoms with Gasteiger partial charge >= 0.3 is 0 Å². The van der Waals surface area contributed by atoms with Crippen molar-refractivity contribution in [1.29, 1.82) is 0 Å². The van der Waals surface area contributed by atoms with E-state index in [0.717, 1.165) is 16.5 Å². The van der Waals surface area contributed by atoms with Gasteiger partial charge in [-0.05, 0) is 30.2 Å². The van der Waals surface area contributed by atoms with Crippen molar-refractivity contribution in [1.82, 2.24) is 10.3 Å². The van der Waals surface area contributed by atoms with Crippen molar-refractivity contribution in [2.24, 2.45) is 0 Å². The smallest absolute Gasteiger partial charge is 0.234 e. The van der Waals surface area contributed by atoms with Crippen LogP contribution in [0.5, 0.6) is 0 Å². The van der Waals surface area contributed by atoms with E-state index in [2.05, 4.69) is 10.3 Å². The molecule has 2 aromatic rings. The molecule has 0 radical (unpaired) electrons. The normalized spacial score (nSPS) is 19.5. The molecular formula is C14H13N3O2. The van der Waals surface area contributed by atoms with Crippen LogP contribution in [0.15, 0.2) is 30.5 Å². The van der Waals surface area contributed by atoms with Crippen molar-refractivity contribution in [3.05, 3.63) is 36.0 Å². The molecule has 2 heterocycles. The summed E-state index contributed by atoms with van der Waals surface area (Å²) in [6.45, 7) is 0. The van der Waals surface area contributed by atoms with Crippen LogP contribution in [0.1, 0.15) is 24.3 Å². The van der Waals surface area contributed by atoms with Crippen LogP contribution in [0, 0.1) is 0 Å². The first-order valence-corrected chi connectivity index (χ1v) is 6.13. The highest BCUT2D eigenvalue weighted by Crippen LogP contribution is 2.31. The highest BCUT2D eigenvalue weighted by Gasteiger charge is 2.29. The fourth-order valence-electron chi connectivity index (χ4n) is 2.50. The van der Waals surface area contributed by atoms with Crippen LogP contribution in [0.25, 0.3) is 10.9 Å². The van der Waals surface area contributed by atoms with Gasteiger partial charge in [0.25, 0.3) is 0 Å². The molecule has 1 aliphatic heterocycles. The Morgan fingerprint density at radius 3 is 2.95 bits per heavy atom. The molecule has 0 aliphatic carbocycles. The van der Waals surface area contributed by atoms with Crippen molar-refractivity contribution >= 4 is 28.4 Å². The van der Waals surface area contributed by atoms with Gasteiger partial charge in [0.05, 0.1) is 11.4 Å². The van der Waals surface area contributed by atoms with Crippen LogP contribution in [0.3, 0.4) is 0 Å².